The maximum atomic E-state index is 11.5. The van der Waals surface area contributed by atoms with Crippen LogP contribution in [-0.2, 0) is 24.4 Å². The monoisotopic (exact) mass is 535 g/mol. The zero-order valence-electron chi connectivity index (χ0n) is 21.0. The van der Waals surface area contributed by atoms with E-state index in [0.717, 1.165) is 61.4 Å². The van der Waals surface area contributed by atoms with Gasteiger partial charge in [0.1, 0.15) is 12.4 Å². The van der Waals surface area contributed by atoms with Crippen molar-refractivity contribution in [2.24, 2.45) is 0 Å². The number of likely N-dealkylation sites (tertiary alicyclic amines) is 1. The summed E-state index contributed by atoms with van der Waals surface area (Å²) in [5, 5.41) is 14.8. The van der Waals surface area contributed by atoms with Crippen LogP contribution in [0.4, 0.5) is 0 Å². The van der Waals surface area contributed by atoms with Gasteiger partial charge >= 0.3 is 5.97 Å². The van der Waals surface area contributed by atoms with Gasteiger partial charge in [-0.25, -0.2) is 9.78 Å². The molecule has 0 saturated carbocycles. The number of carbonyl (C=O) groups is 1. The molecule has 0 radical (unpaired) electrons. The summed E-state index contributed by atoms with van der Waals surface area (Å²) in [6.07, 6.45) is 5.12. The van der Waals surface area contributed by atoms with Crippen molar-refractivity contribution in [2.75, 3.05) is 19.7 Å². The Bertz CT molecular complexity index is 1420. The van der Waals surface area contributed by atoms with Crippen LogP contribution in [0, 0.1) is 0 Å². The molecule has 4 aromatic rings. The van der Waals surface area contributed by atoms with Crippen molar-refractivity contribution in [3.63, 3.8) is 0 Å². The lowest BCUT2D eigenvalue weighted by molar-refractivity contribution is -0.0592. The second kappa shape index (κ2) is 10.8. The van der Waals surface area contributed by atoms with Crippen LogP contribution >= 0.6 is 11.6 Å². The fourth-order valence-electron chi connectivity index (χ4n) is 5.14. The molecule has 1 N–H and O–H groups in total. The maximum Gasteiger partial charge on any atom is 0.335 e. The minimum atomic E-state index is -0.930. The molecule has 0 amide bonds. The zero-order chi connectivity index (χ0) is 26.1. The number of halogens is 1. The van der Waals surface area contributed by atoms with Gasteiger partial charge in [-0.1, -0.05) is 23.7 Å². The minimum absolute atomic E-state index is 0.154. The number of hydrogen-bond acceptors (Lipinski definition) is 6. The number of rotatable bonds is 9. The molecular formula is C28H30ClN5O4. The molecule has 1 atom stereocenters. The molecule has 9 nitrogen and oxygen atoms in total. The molecule has 4 heterocycles. The number of ether oxygens (including phenoxy) is 2. The minimum Gasteiger partial charge on any atom is -0.478 e. The number of fused-ring (bicyclic) bond motifs is 1. The number of benzene rings is 2. The van der Waals surface area contributed by atoms with Crippen LogP contribution in [0.3, 0.4) is 0 Å². The summed E-state index contributed by atoms with van der Waals surface area (Å²) in [5.41, 5.74) is 3.00. The van der Waals surface area contributed by atoms with Crippen LogP contribution in [0.15, 0.2) is 54.7 Å². The smallest absolute Gasteiger partial charge is 0.335 e. The van der Waals surface area contributed by atoms with E-state index in [4.69, 9.17) is 26.1 Å². The first kappa shape index (κ1) is 24.9. The van der Waals surface area contributed by atoms with Crippen molar-refractivity contribution in [1.29, 1.82) is 0 Å². The van der Waals surface area contributed by atoms with Gasteiger partial charge in [-0.2, -0.15) is 0 Å². The summed E-state index contributed by atoms with van der Waals surface area (Å²) in [5.74, 6) is 0.642. The van der Waals surface area contributed by atoms with Gasteiger partial charge in [-0.05, 0) is 55.2 Å². The maximum absolute atomic E-state index is 11.5. The Kier molecular flexibility index (Phi) is 7.06. The molecule has 38 heavy (non-hydrogen) atoms. The zero-order valence-corrected chi connectivity index (χ0v) is 21.8. The molecule has 0 unspecified atom stereocenters. The lowest BCUT2D eigenvalue weighted by atomic mass is 10.1. The molecule has 0 spiro atoms. The standard InChI is InChI=1S/C28H30ClN5O4/c29-21-4-1-19(2-5-21)18-38-27-9-13-34(31-27)22-7-11-32(12-8-22)17-26-30-24-6-3-20(28(35)36)15-25(24)33(26)16-23-10-14-37-23/h1-6,9,13,15,22-23H,7-8,10-12,14,16-18H2,(H,35,36)/t23-/m0/s1. The van der Waals surface area contributed by atoms with Crippen molar-refractivity contribution in [2.45, 2.75) is 51.1 Å². The topological polar surface area (TPSA) is 94.6 Å². The van der Waals surface area contributed by atoms with E-state index in [9.17, 15) is 9.90 Å². The molecule has 2 aliphatic rings. The summed E-state index contributed by atoms with van der Waals surface area (Å²) in [4.78, 5) is 18.8. The predicted octanol–water partition coefficient (Wildman–Crippen LogP) is 4.79. The largest absolute Gasteiger partial charge is 0.478 e. The normalized spacial score (nSPS) is 18.5. The number of nitrogens with zero attached hydrogens (tertiary/aromatic N) is 5. The van der Waals surface area contributed by atoms with Crippen molar-refractivity contribution in [3.05, 3.63) is 76.7 Å². The average molecular weight is 536 g/mol. The summed E-state index contributed by atoms with van der Waals surface area (Å²) in [6.45, 7) is 4.49. The Hall–Kier alpha value is -3.40. The lowest BCUT2D eigenvalue weighted by Crippen LogP contribution is -2.36. The van der Waals surface area contributed by atoms with Crippen LogP contribution in [0.5, 0.6) is 5.88 Å². The SMILES string of the molecule is O=C(O)c1ccc2nc(CN3CCC(n4ccc(OCc5ccc(Cl)cc5)n4)CC3)n(C[C@@H]3CCO3)c2c1. The Morgan fingerprint density at radius 1 is 1.11 bits per heavy atom. The van der Waals surface area contributed by atoms with Crippen molar-refractivity contribution < 1.29 is 19.4 Å². The molecule has 2 fully saturated rings. The van der Waals surface area contributed by atoms with E-state index < -0.39 is 5.97 Å². The van der Waals surface area contributed by atoms with Crippen molar-refractivity contribution in [1.82, 2.24) is 24.2 Å². The van der Waals surface area contributed by atoms with E-state index in [2.05, 4.69) is 14.6 Å². The van der Waals surface area contributed by atoms with E-state index in [0.29, 0.717) is 36.6 Å². The lowest BCUT2D eigenvalue weighted by Gasteiger charge is -2.32. The van der Waals surface area contributed by atoms with Gasteiger partial charge in [0.05, 0.1) is 41.8 Å². The van der Waals surface area contributed by atoms with Gasteiger partial charge in [0, 0.05) is 37.0 Å². The molecule has 2 saturated heterocycles. The highest BCUT2D eigenvalue weighted by atomic mass is 35.5. The molecule has 2 aliphatic heterocycles. The molecule has 0 aliphatic carbocycles. The van der Waals surface area contributed by atoms with Crippen molar-refractivity contribution >= 4 is 28.6 Å². The van der Waals surface area contributed by atoms with E-state index in [1.807, 2.05) is 41.2 Å². The fourth-order valence-corrected chi connectivity index (χ4v) is 5.27. The number of hydrogen-bond donors (Lipinski definition) is 1. The second-order valence-corrected chi connectivity index (χ2v) is 10.4. The Morgan fingerprint density at radius 2 is 1.89 bits per heavy atom. The van der Waals surface area contributed by atoms with Gasteiger partial charge in [0.15, 0.2) is 0 Å². The molecular weight excluding hydrogens is 506 g/mol. The number of carboxylic acids is 1. The van der Waals surface area contributed by atoms with E-state index >= 15 is 0 Å². The first-order chi connectivity index (χ1) is 18.5. The first-order valence-electron chi connectivity index (χ1n) is 13.0. The molecule has 6 rings (SSSR count). The van der Waals surface area contributed by atoms with E-state index in [-0.39, 0.29) is 11.7 Å². The summed E-state index contributed by atoms with van der Waals surface area (Å²) >= 11 is 5.95. The van der Waals surface area contributed by atoms with Crippen molar-refractivity contribution in [3.8, 4) is 5.88 Å². The van der Waals surface area contributed by atoms with Gasteiger partial charge in [-0.3, -0.25) is 9.58 Å². The van der Waals surface area contributed by atoms with Crippen LogP contribution in [0.2, 0.25) is 5.02 Å². The Balaban J connectivity index is 1.09. The fraction of sp³-hybridized carbons (Fsp3) is 0.393. The third-order valence-electron chi connectivity index (χ3n) is 7.43. The highest BCUT2D eigenvalue weighted by molar-refractivity contribution is 6.30. The molecule has 2 aromatic carbocycles. The van der Waals surface area contributed by atoms with E-state index in [1.54, 1.807) is 18.2 Å². The number of imidazole rings is 1. The number of aromatic nitrogens is 4. The molecule has 10 heteroatoms. The first-order valence-corrected chi connectivity index (χ1v) is 13.4. The predicted molar refractivity (Wildman–Crippen MR) is 143 cm³/mol. The number of carboxylic acid groups (broad SMARTS) is 1. The third-order valence-corrected chi connectivity index (χ3v) is 7.69. The number of piperidine rings is 1. The van der Waals surface area contributed by atoms with Gasteiger partial charge < -0.3 is 19.1 Å². The summed E-state index contributed by atoms with van der Waals surface area (Å²) in [7, 11) is 0. The Labute approximate surface area is 225 Å². The number of aromatic carboxylic acids is 1. The van der Waals surface area contributed by atoms with Crippen LogP contribution in [0.25, 0.3) is 11.0 Å². The quantitative estimate of drug-likeness (QED) is 0.329. The highest BCUT2D eigenvalue weighted by Gasteiger charge is 2.26. The van der Waals surface area contributed by atoms with Crippen LogP contribution in [0.1, 0.15) is 47.1 Å². The summed E-state index contributed by atoms with van der Waals surface area (Å²) in [6, 6.07) is 15.0. The van der Waals surface area contributed by atoms with Gasteiger partial charge in [0.2, 0.25) is 5.88 Å². The highest BCUT2D eigenvalue weighted by Crippen LogP contribution is 2.27. The van der Waals surface area contributed by atoms with Gasteiger partial charge in [-0.15, -0.1) is 5.10 Å². The van der Waals surface area contributed by atoms with Crippen LogP contribution < -0.4 is 4.74 Å². The molecule has 0 bridgehead atoms. The van der Waals surface area contributed by atoms with Crippen LogP contribution in [-0.4, -0.2) is 61.1 Å². The third kappa shape index (κ3) is 5.41. The Morgan fingerprint density at radius 3 is 2.61 bits per heavy atom. The average Bonchev–Trinajstić information content (AvgIpc) is 3.50. The van der Waals surface area contributed by atoms with E-state index in [1.165, 1.54) is 0 Å². The second-order valence-electron chi connectivity index (χ2n) is 9.99. The van der Waals surface area contributed by atoms with Gasteiger partial charge in [0.25, 0.3) is 0 Å². The molecule has 2 aromatic heterocycles. The summed E-state index contributed by atoms with van der Waals surface area (Å²) < 4.78 is 15.7. The molecule has 198 valence electrons.